The molecule has 0 radical (unpaired) electrons. The van der Waals surface area contributed by atoms with Crippen LogP contribution in [0.5, 0.6) is 0 Å². The smallest absolute Gasteiger partial charge is 0.338 e. The number of carbonyl (C=O) groups is 2. The molecule has 2 aromatic rings. The molecule has 0 bridgehead atoms. The Morgan fingerprint density at radius 1 is 1.28 bits per heavy atom. The van der Waals surface area contributed by atoms with Crippen molar-refractivity contribution in [3.63, 3.8) is 0 Å². The van der Waals surface area contributed by atoms with Crippen molar-refractivity contribution < 1.29 is 14.3 Å². The second-order valence-electron chi connectivity index (χ2n) is 3.86. The molecular formula is C14H12O3S. The number of thiophene rings is 1. The van der Waals surface area contributed by atoms with E-state index in [1.807, 2.05) is 25.1 Å². The largest absolute Gasteiger partial charge is 0.465 e. The van der Waals surface area contributed by atoms with E-state index in [1.54, 1.807) is 12.1 Å². The summed E-state index contributed by atoms with van der Waals surface area (Å²) in [5.41, 5.74) is 2.38. The van der Waals surface area contributed by atoms with Gasteiger partial charge >= 0.3 is 5.97 Å². The molecule has 0 spiro atoms. The molecule has 0 N–H and O–H groups in total. The predicted octanol–water partition coefficient (Wildman–Crippen LogP) is 3.32. The van der Waals surface area contributed by atoms with Gasteiger partial charge in [0, 0.05) is 10.4 Å². The summed E-state index contributed by atoms with van der Waals surface area (Å²) in [6.07, 6.45) is 0.807. The molecule has 0 fully saturated rings. The van der Waals surface area contributed by atoms with Crippen LogP contribution < -0.4 is 0 Å². The molecule has 0 aliphatic carbocycles. The number of aldehydes is 1. The molecule has 2 rings (SSSR count). The molecule has 1 heterocycles. The minimum Gasteiger partial charge on any atom is -0.465 e. The van der Waals surface area contributed by atoms with Crippen molar-refractivity contribution in [2.24, 2.45) is 0 Å². The fourth-order valence-corrected chi connectivity index (χ4v) is 2.56. The van der Waals surface area contributed by atoms with Gasteiger partial charge in [-0.25, -0.2) is 4.79 Å². The number of hydrogen-bond acceptors (Lipinski definition) is 4. The van der Waals surface area contributed by atoms with E-state index in [0.29, 0.717) is 10.4 Å². The minimum atomic E-state index is -0.369. The summed E-state index contributed by atoms with van der Waals surface area (Å²) < 4.78 is 4.77. The molecule has 1 aromatic carbocycles. The van der Waals surface area contributed by atoms with E-state index in [0.717, 1.165) is 22.3 Å². The molecule has 0 aliphatic heterocycles. The quantitative estimate of drug-likeness (QED) is 0.628. The lowest BCUT2D eigenvalue weighted by atomic mass is 10.0. The molecule has 0 amide bonds. The number of benzene rings is 1. The zero-order valence-electron chi connectivity index (χ0n) is 10.1. The molecule has 3 nitrogen and oxygen atoms in total. The average Bonchev–Trinajstić information content (AvgIpc) is 2.86. The van der Waals surface area contributed by atoms with Crippen LogP contribution >= 0.6 is 11.3 Å². The van der Waals surface area contributed by atoms with Crippen molar-refractivity contribution in [3.8, 4) is 10.4 Å². The van der Waals surface area contributed by atoms with Gasteiger partial charge in [-0.05, 0) is 31.2 Å². The third-order valence-corrected chi connectivity index (χ3v) is 3.63. The van der Waals surface area contributed by atoms with Gasteiger partial charge in [-0.2, -0.15) is 0 Å². The van der Waals surface area contributed by atoms with Crippen molar-refractivity contribution in [1.82, 2.24) is 0 Å². The van der Waals surface area contributed by atoms with E-state index in [9.17, 15) is 9.59 Å². The third kappa shape index (κ3) is 2.33. The monoisotopic (exact) mass is 260 g/mol. The van der Waals surface area contributed by atoms with Crippen molar-refractivity contribution in [2.45, 2.75) is 6.92 Å². The number of rotatable bonds is 3. The summed E-state index contributed by atoms with van der Waals surface area (Å²) in [7, 11) is 1.36. The Balaban J connectivity index is 2.57. The zero-order chi connectivity index (χ0) is 13.1. The number of ether oxygens (including phenoxy) is 1. The van der Waals surface area contributed by atoms with Crippen LogP contribution in [-0.4, -0.2) is 19.4 Å². The number of aryl methyl sites for hydroxylation is 1. The first-order valence-electron chi connectivity index (χ1n) is 5.40. The first-order valence-corrected chi connectivity index (χ1v) is 6.21. The average molecular weight is 260 g/mol. The van der Waals surface area contributed by atoms with Crippen LogP contribution in [0.4, 0.5) is 0 Å². The summed E-state index contributed by atoms with van der Waals surface area (Å²) in [4.78, 5) is 24.0. The molecule has 18 heavy (non-hydrogen) atoms. The topological polar surface area (TPSA) is 43.4 Å². The highest BCUT2D eigenvalue weighted by Crippen LogP contribution is 2.31. The predicted molar refractivity (Wildman–Crippen MR) is 71.2 cm³/mol. The van der Waals surface area contributed by atoms with Gasteiger partial charge in [0.2, 0.25) is 0 Å². The first kappa shape index (κ1) is 12.5. The number of hydrogen-bond donors (Lipinski definition) is 0. The van der Waals surface area contributed by atoms with Crippen LogP contribution in [0.1, 0.15) is 25.6 Å². The lowest BCUT2D eigenvalue weighted by Crippen LogP contribution is -2.03. The van der Waals surface area contributed by atoms with Crippen molar-refractivity contribution >= 4 is 23.6 Å². The molecule has 0 aliphatic rings. The Hall–Kier alpha value is -1.94. The van der Waals surface area contributed by atoms with Gasteiger partial charge in [-0.3, -0.25) is 4.79 Å². The minimum absolute atomic E-state index is 0.369. The van der Waals surface area contributed by atoms with Gasteiger partial charge in [-0.15, -0.1) is 11.3 Å². The van der Waals surface area contributed by atoms with Crippen LogP contribution in [0.3, 0.4) is 0 Å². The summed E-state index contributed by atoms with van der Waals surface area (Å²) in [5, 5.41) is 0. The Bertz CT molecular complexity index is 599. The Morgan fingerprint density at radius 3 is 2.67 bits per heavy atom. The number of carbonyl (C=O) groups excluding carboxylic acids is 2. The van der Waals surface area contributed by atoms with Gasteiger partial charge in [0.1, 0.15) is 0 Å². The second-order valence-corrected chi connectivity index (χ2v) is 4.98. The standard InChI is InChI=1S/C14H12O3S/c1-9-3-5-11(14(16)17-2)12(7-9)13-6-4-10(8-15)18-13/h3-8H,1-2H3. The van der Waals surface area contributed by atoms with Crippen LogP contribution in [0.15, 0.2) is 30.3 Å². The number of esters is 1. The SMILES string of the molecule is COC(=O)c1ccc(C)cc1-c1ccc(C=O)s1. The molecule has 4 heteroatoms. The summed E-state index contributed by atoms with van der Waals surface area (Å²) in [6.45, 7) is 1.96. The van der Waals surface area contributed by atoms with E-state index in [-0.39, 0.29) is 5.97 Å². The fraction of sp³-hybridized carbons (Fsp3) is 0.143. The lowest BCUT2D eigenvalue weighted by molar-refractivity contribution is 0.0601. The first-order chi connectivity index (χ1) is 8.65. The van der Waals surface area contributed by atoms with Crippen LogP contribution in [0.25, 0.3) is 10.4 Å². The van der Waals surface area contributed by atoms with Gasteiger partial charge in [-0.1, -0.05) is 11.6 Å². The zero-order valence-corrected chi connectivity index (χ0v) is 10.9. The van der Waals surface area contributed by atoms with E-state index in [1.165, 1.54) is 18.4 Å². The lowest BCUT2D eigenvalue weighted by Gasteiger charge is -2.07. The van der Waals surface area contributed by atoms with Gasteiger partial charge < -0.3 is 4.74 Å². The van der Waals surface area contributed by atoms with Crippen LogP contribution in [-0.2, 0) is 4.74 Å². The van der Waals surface area contributed by atoms with Gasteiger partial charge in [0.15, 0.2) is 6.29 Å². The maximum Gasteiger partial charge on any atom is 0.338 e. The Labute approximate surface area is 109 Å². The highest BCUT2D eigenvalue weighted by molar-refractivity contribution is 7.17. The van der Waals surface area contributed by atoms with E-state index < -0.39 is 0 Å². The molecule has 92 valence electrons. The van der Waals surface area contributed by atoms with Crippen LogP contribution in [0.2, 0.25) is 0 Å². The molecule has 0 saturated carbocycles. The molecule has 0 saturated heterocycles. The molecular weight excluding hydrogens is 248 g/mol. The van der Waals surface area contributed by atoms with Gasteiger partial charge in [0.25, 0.3) is 0 Å². The fourth-order valence-electron chi connectivity index (χ4n) is 1.71. The summed E-state index contributed by atoms with van der Waals surface area (Å²) in [6, 6.07) is 9.12. The Kier molecular flexibility index (Phi) is 3.58. The van der Waals surface area contributed by atoms with Crippen LogP contribution in [0, 0.1) is 6.92 Å². The Morgan fingerprint density at radius 2 is 2.06 bits per heavy atom. The van der Waals surface area contributed by atoms with Crippen molar-refractivity contribution in [2.75, 3.05) is 7.11 Å². The van der Waals surface area contributed by atoms with Crippen molar-refractivity contribution in [1.29, 1.82) is 0 Å². The summed E-state index contributed by atoms with van der Waals surface area (Å²) >= 11 is 1.36. The van der Waals surface area contributed by atoms with E-state index in [2.05, 4.69) is 0 Å². The molecule has 0 atom stereocenters. The van der Waals surface area contributed by atoms with E-state index >= 15 is 0 Å². The number of methoxy groups -OCH3 is 1. The maximum atomic E-state index is 11.7. The normalized spacial score (nSPS) is 10.1. The highest BCUT2D eigenvalue weighted by Gasteiger charge is 2.14. The maximum absolute atomic E-state index is 11.7. The van der Waals surface area contributed by atoms with Gasteiger partial charge in [0.05, 0.1) is 17.6 Å². The van der Waals surface area contributed by atoms with E-state index in [4.69, 9.17) is 4.74 Å². The van der Waals surface area contributed by atoms with Crippen molar-refractivity contribution in [3.05, 3.63) is 46.3 Å². The summed E-state index contributed by atoms with van der Waals surface area (Å²) in [5.74, 6) is -0.369. The highest BCUT2D eigenvalue weighted by atomic mass is 32.1. The second kappa shape index (κ2) is 5.14. The third-order valence-electron chi connectivity index (χ3n) is 2.59. The molecule has 0 unspecified atom stereocenters. The molecule has 1 aromatic heterocycles.